The van der Waals surface area contributed by atoms with E-state index in [9.17, 15) is 0 Å². The number of rotatable bonds is 4. The summed E-state index contributed by atoms with van der Waals surface area (Å²) in [5.41, 5.74) is 4.01. The average Bonchev–Trinajstić information content (AvgIpc) is 2.25. The summed E-state index contributed by atoms with van der Waals surface area (Å²) in [7, 11) is 1.72. The number of thiol groups is 1. The van der Waals surface area contributed by atoms with Gasteiger partial charge in [-0.25, -0.2) is 0 Å². The van der Waals surface area contributed by atoms with Crippen LogP contribution >= 0.6 is 12.6 Å². The van der Waals surface area contributed by atoms with Gasteiger partial charge in [0.1, 0.15) is 5.75 Å². The number of hydrogen-bond donors (Lipinski definition) is 1. The molecule has 0 saturated heterocycles. The first-order valence-corrected chi connectivity index (χ1v) is 5.97. The van der Waals surface area contributed by atoms with Crippen molar-refractivity contribution in [1.29, 1.82) is 0 Å². The van der Waals surface area contributed by atoms with Gasteiger partial charge in [0.05, 0.1) is 7.11 Å². The van der Waals surface area contributed by atoms with Crippen LogP contribution in [0.4, 0.5) is 0 Å². The lowest BCUT2D eigenvalue weighted by molar-refractivity contribution is 0.411. The molecule has 1 unspecified atom stereocenters. The standard InChI is InChI=1S/C13H20OS/c1-9(8-15)7-12-5-6-13(14-4)11(3)10(12)2/h5-6,9,15H,7-8H2,1-4H3. The van der Waals surface area contributed by atoms with Crippen LogP contribution < -0.4 is 4.74 Å². The van der Waals surface area contributed by atoms with Gasteiger partial charge in [0.25, 0.3) is 0 Å². The Morgan fingerprint density at radius 1 is 1.27 bits per heavy atom. The Kier molecular flexibility index (Phi) is 4.52. The molecule has 0 amide bonds. The minimum atomic E-state index is 0.625. The molecule has 15 heavy (non-hydrogen) atoms. The third-order valence-electron chi connectivity index (χ3n) is 2.95. The lowest BCUT2D eigenvalue weighted by Crippen LogP contribution is -2.04. The zero-order valence-electron chi connectivity index (χ0n) is 10.0. The topological polar surface area (TPSA) is 9.23 Å². The van der Waals surface area contributed by atoms with Gasteiger partial charge in [-0.15, -0.1) is 0 Å². The van der Waals surface area contributed by atoms with Crippen LogP contribution in [0.2, 0.25) is 0 Å². The van der Waals surface area contributed by atoms with E-state index >= 15 is 0 Å². The Morgan fingerprint density at radius 3 is 2.47 bits per heavy atom. The molecule has 1 rings (SSSR count). The van der Waals surface area contributed by atoms with Crippen LogP contribution in [-0.2, 0) is 6.42 Å². The summed E-state index contributed by atoms with van der Waals surface area (Å²) in [6.07, 6.45) is 1.10. The van der Waals surface area contributed by atoms with Crippen LogP contribution in [0.1, 0.15) is 23.6 Å². The van der Waals surface area contributed by atoms with E-state index in [0.29, 0.717) is 5.92 Å². The number of ether oxygens (including phenoxy) is 1. The maximum atomic E-state index is 5.30. The van der Waals surface area contributed by atoms with E-state index < -0.39 is 0 Å². The summed E-state index contributed by atoms with van der Waals surface area (Å²) in [5, 5.41) is 0. The van der Waals surface area contributed by atoms with Crippen LogP contribution in [0.15, 0.2) is 12.1 Å². The Bertz CT molecular complexity index is 334. The van der Waals surface area contributed by atoms with Crippen LogP contribution in [0.3, 0.4) is 0 Å². The molecule has 0 heterocycles. The fourth-order valence-corrected chi connectivity index (χ4v) is 1.86. The first-order chi connectivity index (χ1) is 7.10. The zero-order chi connectivity index (χ0) is 11.4. The molecule has 0 aliphatic rings. The van der Waals surface area contributed by atoms with Gasteiger partial charge >= 0.3 is 0 Å². The van der Waals surface area contributed by atoms with Crippen molar-refractivity contribution in [2.24, 2.45) is 5.92 Å². The summed E-state index contributed by atoms with van der Waals surface area (Å²) in [6, 6.07) is 4.23. The zero-order valence-corrected chi connectivity index (χ0v) is 10.9. The SMILES string of the molecule is COc1ccc(CC(C)CS)c(C)c1C. The van der Waals surface area contributed by atoms with Gasteiger partial charge in [-0.2, -0.15) is 12.6 Å². The summed E-state index contributed by atoms with van der Waals surface area (Å²) in [5.74, 6) is 2.54. The normalized spacial score (nSPS) is 12.6. The summed E-state index contributed by atoms with van der Waals surface area (Å²) in [4.78, 5) is 0. The molecule has 1 atom stereocenters. The monoisotopic (exact) mass is 224 g/mol. The Balaban J connectivity index is 2.96. The third kappa shape index (κ3) is 2.91. The molecule has 0 radical (unpaired) electrons. The first-order valence-electron chi connectivity index (χ1n) is 5.34. The van der Waals surface area contributed by atoms with E-state index in [-0.39, 0.29) is 0 Å². The molecule has 0 bridgehead atoms. The van der Waals surface area contributed by atoms with Crippen molar-refractivity contribution >= 4 is 12.6 Å². The molecule has 0 aliphatic carbocycles. The molecule has 0 aromatic heterocycles. The van der Waals surface area contributed by atoms with Crippen molar-refractivity contribution in [2.75, 3.05) is 12.9 Å². The summed E-state index contributed by atoms with van der Waals surface area (Å²) in [6.45, 7) is 6.51. The number of methoxy groups -OCH3 is 1. The molecule has 2 heteroatoms. The van der Waals surface area contributed by atoms with Gasteiger partial charge in [0.2, 0.25) is 0 Å². The molecular weight excluding hydrogens is 204 g/mol. The van der Waals surface area contributed by atoms with E-state index in [0.717, 1.165) is 17.9 Å². The summed E-state index contributed by atoms with van der Waals surface area (Å²) < 4.78 is 5.30. The molecule has 1 aromatic rings. The highest BCUT2D eigenvalue weighted by molar-refractivity contribution is 7.80. The van der Waals surface area contributed by atoms with Gasteiger partial charge in [-0.1, -0.05) is 13.0 Å². The second-order valence-corrected chi connectivity index (χ2v) is 4.53. The van der Waals surface area contributed by atoms with Crippen molar-refractivity contribution in [2.45, 2.75) is 27.2 Å². The number of hydrogen-bond acceptors (Lipinski definition) is 2. The lowest BCUT2D eigenvalue weighted by Gasteiger charge is -2.15. The second kappa shape index (κ2) is 5.45. The molecule has 0 saturated carbocycles. The predicted molar refractivity (Wildman–Crippen MR) is 69.2 cm³/mol. The van der Waals surface area contributed by atoms with Gasteiger partial charge < -0.3 is 4.74 Å². The Morgan fingerprint density at radius 2 is 1.93 bits per heavy atom. The molecule has 0 fully saturated rings. The maximum Gasteiger partial charge on any atom is 0.122 e. The predicted octanol–water partition coefficient (Wildman–Crippen LogP) is 3.42. The van der Waals surface area contributed by atoms with Crippen LogP contribution in [0.25, 0.3) is 0 Å². The molecule has 0 aliphatic heterocycles. The van der Waals surface area contributed by atoms with Crippen molar-refractivity contribution in [1.82, 2.24) is 0 Å². The fourth-order valence-electron chi connectivity index (χ4n) is 1.73. The third-order valence-corrected chi connectivity index (χ3v) is 3.57. The van der Waals surface area contributed by atoms with E-state index in [2.05, 4.69) is 45.5 Å². The van der Waals surface area contributed by atoms with Gasteiger partial charge in [-0.3, -0.25) is 0 Å². The van der Waals surface area contributed by atoms with E-state index in [4.69, 9.17) is 4.74 Å². The molecule has 1 aromatic carbocycles. The smallest absolute Gasteiger partial charge is 0.122 e. The van der Waals surface area contributed by atoms with Crippen LogP contribution in [0, 0.1) is 19.8 Å². The molecule has 1 nitrogen and oxygen atoms in total. The second-order valence-electron chi connectivity index (χ2n) is 4.17. The highest BCUT2D eigenvalue weighted by Gasteiger charge is 2.08. The van der Waals surface area contributed by atoms with Gasteiger partial charge in [-0.05, 0) is 54.7 Å². The number of benzene rings is 1. The van der Waals surface area contributed by atoms with Crippen LogP contribution in [-0.4, -0.2) is 12.9 Å². The molecule has 0 N–H and O–H groups in total. The average molecular weight is 224 g/mol. The first kappa shape index (κ1) is 12.4. The van der Waals surface area contributed by atoms with Crippen molar-refractivity contribution in [3.05, 3.63) is 28.8 Å². The molecule has 0 spiro atoms. The largest absolute Gasteiger partial charge is 0.496 e. The van der Waals surface area contributed by atoms with Gasteiger partial charge in [0, 0.05) is 0 Å². The van der Waals surface area contributed by atoms with E-state index in [1.807, 2.05) is 0 Å². The van der Waals surface area contributed by atoms with Crippen molar-refractivity contribution in [3.63, 3.8) is 0 Å². The fraction of sp³-hybridized carbons (Fsp3) is 0.538. The minimum absolute atomic E-state index is 0.625. The van der Waals surface area contributed by atoms with Crippen molar-refractivity contribution in [3.8, 4) is 5.75 Å². The highest BCUT2D eigenvalue weighted by Crippen LogP contribution is 2.25. The quantitative estimate of drug-likeness (QED) is 0.771. The minimum Gasteiger partial charge on any atom is -0.496 e. The van der Waals surface area contributed by atoms with Gasteiger partial charge in [0.15, 0.2) is 0 Å². The van der Waals surface area contributed by atoms with Crippen molar-refractivity contribution < 1.29 is 4.74 Å². The molecule has 84 valence electrons. The maximum absolute atomic E-state index is 5.30. The van der Waals surface area contributed by atoms with E-state index in [1.54, 1.807) is 7.11 Å². The summed E-state index contributed by atoms with van der Waals surface area (Å²) >= 11 is 4.32. The Hall–Kier alpha value is -0.630. The lowest BCUT2D eigenvalue weighted by atomic mass is 9.95. The van der Waals surface area contributed by atoms with E-state index in [1.165, 1.54) is 16.7 Å². The Labute approximate surface area is 98.3 Å². The highest BCUT2D eigenvalue weighted by atomic mass is 32.1. The molecular formula is C13H20OS. The van der Waals surface area contributed by atoms with Crippen LogP contribution in [0.5, 0.6) is 5.75 Å².